The summed E-state index contributed by atoms with van der Waals surface area (Å²) < 4.78 is 12.0. The molecule has 2 aromatic rings. The molecule has 0 aliphatic carbocycles. The van der Waals surface area contributed by atoms with E-state index in [1.807, 2.05) is 25.1 Å². The Balaban J connectivity index is 1.91. The zero-order valence-corrected chi connectivity index (χ0v) is 12.8. The van der Waals surface area contributed by atoms with Gasteiger partial charge >= 0.3 is 0 Å². The number of nitrogens with two attached hydrogens (primary N) is 1. The van der Waals surface area contributed by atoms with Crippen molar-refractivity contribution in [1.29, 1.82) is 0 Å². The van der Waals surface area contributed by atoms with Crippen LogP contribution in [-0.2, 0) is 10.3 Å². The highest BCUT2D eigenvalue weighted by Gasteiger charge is 2.35. The fourth-order valence-corrected chi connectivity index (χ4v) is 2.70. The van der Waals surface area contributed by atoms with Crippen LogP contribution in [0.15, 0.2) is 27.2 Å². The van der Waals surface area contributed by atoms with Crippen LogP contribution < -0.4 is 5.73 Å². The maximum Gasteiger partial charge on any atom is 0.258 e. The largest absolute Gasteiger partial charge is 0.398 e. The van der Waals surface area contributed by atoms with E-state index in [-0.39, 0.29) is 0 Å². The fourth-order valence-electron chi connectivity index (χ4n) is 2.33. The monoisotopic (exact) mass is 337 g/mol. The Kier molecular flexibility index (Phi) is 3.52. The molecule has 0 spiro atoms. The second kappa shape index (κ2) is 5.18. The van der Waals surface area contributed by atoms with Gasteiger partial charge in [0.25, 0.3) is 5.89 Å². The van der Waals surface area contributed by atoms with E-state index < -0.39 is 5.60 Å². The van der Waals surface area contributed by atoms with Gasteiger partial charge in [0.05, 0.1) is 0 Å². The van der Waals surface area contributed by atoms with Gasteiger partial charge in [-0.1, -0.05) is 5.16 Å². The number of hydrogen-bond donors (Lipinski definition) is 1. The van der Waals surface area contributed by atoms with E-state index in [9.17, 15) is 0 Å². The molecule has 0 radical (unpaired) electrons. The van der Waals surface area contributed by atoms with E-state index in [4.69, 9.17) is 15.0 Å². The van der Waals surface area contributed by atoms with Crippen molar-refractivity contribution in [3.05, 3.63) is 28.5 Å². The van der Waals surface area contributed by atoms with Crippen LogP contribution in [0.1, 0.15) is 32.0 Å². The molecule has 6 heteroatoms. The van der Waals surface area contributed by atoms with E-state index in [0.717, 1.165) is 35.9 Å². The molecular weight excluding hydrogens is 322 g/mol. The summed E-state index contributed by atoms with van der Waals surface area (Å²) in [5, 5.41) is 4.08. The molecule has 1 aliphatic heterocycles. The lowest BCUT2D eigenvalue weighted by molar-refractivity contribution is -0.0770. The lowest BCUT2D eigenvalue weighted by atomic mass is 9.95. The number of ether oxygens (including phenoxy) is 1. The Morgan fingerprint density at radius 3 is 2.90 bits per heavy atom. The van der Waals surface area contributed by atoms with Crippen LogP contribution in [0.25, 0.3) is 11.5 Å². The lowest BCUT2D eigenvalue weighted by Gasteiger charge is -2.30. The molecule has 1 saturated heterocycles. The van der Waals surface area contributed by atoms with Gasteiger partial charge in [-0.3, -0.25) is 0 Å². The predicted octanol–water partition coefficient (Wildman–Crippen LogP) is 3.50. The van der Waals surface area contributed by atoms with Gasteiger partial charge in [-0.15, -0.1) is 0 Å². The molecule has 1 unspecified atom stereocenters. The fraction of sp³-hybridized carbons (Fsp3) is 0.429. The minimum Gasteiger partial charge on any atom is -0.398 e. The third-order valence-electron chi connectivity index (χ3n) is 3.62. The molecule has 1 fully saturated rings. The summed E-state index contributed by atoms with van der Waals surface area (Å²) in [7, 11) is 0. The number of halogens is 1. The van der Waals surface area contributed by atoms with E-state index in [1.165, 1.54) is 0 Å². The number of hydrogen-bond acceptors (Lipinski definition) is 5. The molecule has 5 nitrogen and oxygen atoms in total. The highest BCUT2D eigenvalue weighted by molar-refractivity contribution is 9.10. The molecule has 1 atom stereocenters. The zero-order valence-electron chi connectivity index (χ0n) is 11.2. The Hall–Kier alpha value is -1.40. The second-order valence-corrected chi connectivity index (χ2v) is 6.05. The van der Waals surface area contributed by atoms with Gasteiger partial charge in [0.2, 0.25) is 5.82 Å². The Bertz CT molecular complexity index is 621. The summed E-state index contributed by atoms with van der Waals surface area (Å²) >= 11 is 3.40. The molecule has 3 rings (SSSR count). The topological polar surface area (TPSA) is 74.2 Å². The number of aromatic nitrogens is 2. The third-order valence-corrected chi connectivity index (χ3v) is 4.30. The standard InChI is InChI=1S/C14H16BrN3O2/c1-14(6-2-3-7-19-14)13-17-12(20-18-13)9-4-5-11(16)10(15)8-9/h4-5,8H,2-3,6-7,16H2,1H3. The molecule has 0 saturated carbocycles. The van der Waals surface area contributed by atoms with Crippen molar-refractivity contribution < 1.29 is 9.26 Å². The molecule has 1 aromatic heterocycles. The molecule has 2 N–H and O–H groups in total. The average molecular weight is 338 g/mol. The van der Waals surface area contributed by atoms with Gasteiger partial charge in [0.1, 0.15) is 5.60 Å². The number of nitrogen functional groups attached to an aromatic ring is 1. The lowest BCUT2D eigenvalue weighted by Crippen LogP contribution is -2.31. The van der Waals surface area contributed by atoms with Crippen molar-refractivity contribution in [3.8, 4) is 11.5 Å². The van der Waals surface area contributed by atoms with Crippen LogP contribution in [-0.4, -0.2) is 16.7 Å². The molecule has 106 valence electrons. The van der Waals surface area contributed by atoms with Crippen LogP contribution in [0.5, 0.6) is 0 Å². The highest BCUT2D eigenvalue weighted by Crippen LogP contribution is 2.34. The van der Waals surface area contributed by atoms with Gasteiger partial charge in [-0.05, 0) is 60.3 Å². The molecule has 0 amide bonds. The van der Waals surface area contributed by atoms with Gasteiger partial charge in [0, 0.05) is 22.3 Å². The van der Waals surface area contributed by atoms with Gasteiger partial charge in [0.15, 0.2) is 0 Å². The zero-order chi connectivity index (χ0) is 14.2. The Labute approximate surface area is 125 Å². The van der Waals surface area contributed by atoms with Crippen LogP contribution in [0.4, 0.5) is 5.69 Å². The van der Waals surface area contributed by atoms with Crippen molar-refractivity contribution in [2.45, 2.75) is 31.8 Å². The second-order valence-electron chi connectivity index (χ2n) is 5.20. The van der Waals surface area contributed by atoms with E-state index in [2.05, 4.69) is 26.1 Å². The maximum absolute atomic E-state index is 5.83. The number of benzene rings is 1. The smallest absolute Gasteiger partial charge is 0.258 e. The first-order chi connectivity index (χ1) is 9.58. The normalized spacial score (nSPS) is 22.9. The van der Waals surface area contributed by atoms with Crippen molar-refractivity contribution >= 4 is 21.6 Å². The predicted molar refractivity (Wildman–Crippen MR) is 79.0 cm³/mol. The van der Waals surface area contributed by atoms with E-state index >= 15 is 0 Å². The molecule has 20 heavy (non-hydrogen) atoms. The minimum absolute atomic E-state index is 0.439. The van der Waals surface area contributed by atoms with Crippen LogP contribution in [0.3, 0.4) is 0 Å². The molecule has 0 bridgehead atoms. The summed E-state index contributed by atoms with van der Waals surface area (Å²) in [6, 6.07) is 5.54. The van der Waals surface area contributed by atoms with Crippen LogP contribution in [0, 0.1) is 0 Å². The van der Waals surface area contributed by atoms with Crippen molar-refractivity contribution in [3.63, 3.8) is 0 Å². The van der Waals surface area contributed by atoms with Crippen molar-refractivity contribution in [2.24, 2.45) is 0 Å². The summed E-state index contributed by atoms with van der Waals surface area (Å²) in [5.74, 6) is 1.09. The third kappa shape index (κ3) is 2.45. The quantitative estimate of drug-likeness (QED) is 0.849. The first-order valence-electron chi connectivity index (χ1n) is 6.62. The Morgan fingerprint density at radius 1 is 1.35 bits per heavy atom. The molecule has 1 aromatic carbocycles. The SMILES string of the molecule is CC1(c2noc(-c3ccc(N)c(Br)c3)n2)CCCCO1. The van der Waals surface area contributed by atoms with Gasteiger partial charge in [-0.2, -0.15) is 4.98 Å². The average Bonchev–Trinajstić information content (AvgIpc) is 2.93. The Morgan fingerprint density at radius 2 is 2.20 bits per heavy atom. The highest BCUT2D eigenvalue weighted by atomic mass is 79.9. The number of rotatable bonds is 2. The van der Waals surface area contributed by atoms with Crippen molar-refractivity contribution in [2.75, 3.05) is 12.3 Å². The molecule has 2 heterocycles. The summed E-state index contributed by atoms with van der Waals surface area (Å²) in [6.07, 6.45) is 3.12. The van der Waals surface area contributed by atoms with E-state index in [0.29, 0.717) is 17.4 Å². The van der Waals surface area contributed by atoms with Gasteiger partial charge in [-0.25, -0.2) is 0 Å². The van der Waals surface area contributed by atoms with Gasteiger partial charge < -0.3 is 15.0 Å². The summed E-state index contributed by atoms with van der Waals surface area (Å²) in [4.78, 5) is 4.48. The minimum atomic E-state index is -0.439. The summed E-state index contributed by atoms with van der Waals surface area (Å²) in [5.41, 5.74) is 6.85. The molecule has 1 aliphatic rings. The molecular formula is C14H16BrN3O2. The maximum atomic E-state index is 5.83. The van der Waals surface area contributed by atoms with Crippen LogP contribution in [0.2, 0.25) is 0 Å². The van der Waals surface area contributed by atoms with E-state index in [1.54, 1.807) is 0 Å². The van der Waals surface area contributed by atoms with Crippen LogP contribution >= 0.6 is 15.9 Å². The number of anilines is 1. The summed E-state index contributed by atoms with van der Waals surface area (Å²) in [6.45, 7) is 2.76. The number of nitrogens with zero attached hydrogens (tertiary/aromatic N) is 2. The first-order valence-corrected chi connectivity index (χ1v) is 7.41. The van der Waals surface area contributed by atoms with Crippen molar-refractivity contribution in [1.82, 2.24) is 10.1 Å². The first kappa shape index (κ1) is 13.6.